The predicted octanol–water partition coefficient (Wildman–Crippen LogP) is 3.86. The van der Waals surface area contributed by atoms with Gasteiger partial charge < -0.3 is 0 Å². The van der Waals surface area contributed by atoms with E-state index in [1.54, 1.807) is 0 Å². The summed E-state index contributed by atoms with van der Waals surface area (Å²) in [6.07, 6.45) is 4.28. The lowest BCUT2D eigenvalue weighted by atomic mass is 10.3. The van der Waals surface area contributed by atoms with E-state index in [1.807, 2.05) is 12.1 Å². The molecule has 2 aromatic carbocycles. The van der Waals surface area contributed by atoms with Gasteiger partial charge in [-0.1, -0.05) is 36.4 Å². The minimum absolute atomic E-state index is 0. The summed E-state index contributed by atoms with van der Waals surface area (Å²) < 4.78 is 0. The summed E-state index contributed by atoms with van der Waals surface area (Å²) in [6, 6.07) is 20.8. The van der Waals surface area contributed by atoms with Gasteiger partial charge in [0.1, 0.15) is 0 Å². The van der Waals surface area contributed by atoms with Crippen molar-refractivity contribution in [2.45, 2.75) is 0 Å². The molecule has 0 N–H and O–H groups in total. The zero-order valence-electron chi connectivity index (χ0n) is 9.94. The average Bonchev–Trinajstić information content (AvgIpc) is 2.90. The second-order valence-corrected chi connectivity index (χ2v) is 3.98. The van der Waals surface area contributed by atoms with E-state index in [-0.39, 0.29) is 12.4 Å². The number of hydrogen-bond acceptors (Lipinski definition) is 2. The summed E-state index contributed by atoms with van der Waals surface area (Å²) >= 11 is 0. The molecule has 0 saturated carbocycles. The maximum atomic E-state index is 2.25. The fourth-order valence-corrected chi connectivity index (χ4v) is 2.05. The SMILES string of the molecule is C1=CN(c2ccccc2)N(c2ccccc2)C1.Cl. The van der Waals surface area contributed by atoms with Crippen molar-refractivity contribution in [3.8, 4) is 0 Å². The molecule has 1 aliphatic rings. The lowest BCUT2D eigenvalue weighted by molar-refractivity contribution is 0.923. The van der Waals surface area contributed by atoms with Crippen LogP contribution in [-0.4, -0.2) is 6.54 Å². The Morgan fingerprint density at radius 1 is 0.722 bits per heavy atom. The molecule has 0 fully saturated rings. The van der Waals surface area contributed by atoms with Gasteiger partial charge in [0.15, 0.2) is 0 Å². The van der Waals surface area contributed by atoms with Gasteiger partial charge >= 0.3 is 0 Å². The second-order valence-electron chi connectivity index (χ2n) is 3.98. The van der Waals surface area contributed by atoms with Crippen LogP contribution in [0.1, 0.15) is 0 Å². The van der Waals surface area contributed by atoms with Crippen LogP contribution in [0, 0.1) is 0 Å². The molecule has 3 rings (SSSR count). The topological polar surface area (TPSA) is 6.48 Å². The summed E-state index contributed by atoms with van der Waals surface area (Å²) in [6.45, 7) is 0.916. The standard InChI is InChI=1S/C15H14N2.ClH/c1-3-8-14(9-4-1)16-12-7-13-17(16)15-10-5-2-6-11-15;/h1-12H,13H2;1H. The van der Waals surface area contributed by atoms with Crippen molar-refractivity contribution in [1.29, 1.82) is 0 Å². The molecule has 0 saturated heterocycles. The van der Waals surface area contributed by atoms with E-state index >= 15 is 0 Å². The summed E-state index contributed by atoms with van der Waals surface area (Å²) in [5.41, 5.74) is 2.39. The van der Waals surface area contributed by atoms with Gasteiger partial charge in [-0.2, -0.15) is 0 Å². The van der Waals surface area contributed by atoms with Crippen molar-refractivity contribution in [2.75, 3.05) is 16.6 Å². The van der Waals surface area contributed by atoms with E-state index in [0.29, 0.717) is 0 Å². The fraction of sp³-hybridized carbons (Fsp3) is 0.0667. The zero-order chi connectivity index (χ0) is 11.5. The molecule has 92 valence electrons. The molecular formula is C15H15ClN2. The number of halogens is 1. The van der Waals surface area contributed by atoms with Crippen molar-refractivity contribution >= 4 is 23.8 Å². The van der Waals surface area contributed by atoms with Crippen LogP contribution in [0.2, 0.25) is 0 Å². The monoisotopic (exact) mass is 258 g/mol. The van der Waals surface area contributed by atoms with Crippen molar-refractivity contribution in [1.82, 2.24) is 0 Å². The number of hydrazine groups is 1. The zero-order valence-corrected chi connectivity index (χ0v) is 10.8. The Morgan fingerprint density at radius 3 is 1.89 bits per heavy atom. The molecule has 1 aliphatic heterocycles. The summed E-state index contributed by atoms with van der Waals surface area (Å²) in [5, 5.41) is 4.42. The highest BCUT2D eigenvalue weighted by Gasteiger charge is 2.17. The van der Waals surface area contributed by atoms with E-state index in [1.165, 1.54) is 11.4 Å². The van der Waals surface area contributed by atoms with Gasteiger partial charge in [0, 0.05) is 6.20 Å². The van der Waals surface area contributed by atoms with E-state index in [0.717, 1.165) is 6.54 Å². The Labute approximate surface area is 114 Å². The van der Waals surface area contributed by atoms with Crippen molar-refractivity contribution in [2.24, 2.45) is 0 Å². The lowest BCUT2D eigenvalue weighted by Gasteiger charge is -2.30. The first-order valence-electron chi connectivity index (χ1n) is 5.78. The number of hydrogen-bond donors (Lipinski definition) is 0. The average molecular weight is 259 g/mol. The third-order valence-corrected chi connectivity index (χ3v) is 2.86. The number of anilines is 2. The Kier molecular flexibility index (Phi) is 3.90. The highest BCUT2D eigenvalue weighted by Crippen LogP contribution is 2.25. The Hall–Kier alpha value is -1.93. The van der Waals surface area contributed by atoms with Gasteiger partial charge in [0.25, 0.3) is 0 Å². The van der Waals surface area contributed by atoms with E-state index in [2.05, 4.69) is 70.8 Å². The largest absolute Gasteiger partial charge is 0.277 e. The van der Waals surface area contributed by atoms with Crippen LogP contribution < -0.4 is 10.0 Å². The summed E-state index contributed by atoms with van der Waals surface area (Å²) in [7, 11) is 0. The molecule has 0 atom stereocenters. The minimum Gasteiger partial charge on any atom is -0.277 e. The van der Waals surface area contributed by atoms with Crippen LogP contribution in [0.4, 0.5) is 11.4 Å². The Bertz CT molecular complexity index is 511. The van der Waals surface area contributed by atoms with Crippen LogP contribution in [0.15, 0.2) is 72.9 Å². The number of nitrogens with zero attached hydrogens (tertiary/aromatic N) is 2. The van der Waals surface area contributed by atoms with Gasteiger partial charge in [-0.25, -0.2) is 0 Å². The minimum atomic E-state index is 0. The maximum absolute atomic E-state index is 2.25. The van der Waals surface area contributed by atoms with Crippen LogP contribution >= 0.6 is 12.4 Å². The Morgan fingerprint density at radius 2 is 1.28 bits per heavy atom. The first-order valence-corrected chi connectivity index (χ1v) is 5.78. The molecule has 18 heavy (non-hydrogen) atoms. The lowest BCUT2D eigenvalue weighted by Crippen LogP contribution is -2.35. The molecular weight excluding hydrogens is 244 g/mol. The van der Waals surface area contributed by atoms with Crippen LogP contribution in [0.25, 0.3) is 0 Å². The number of benzene rings is 2. The normalized spacial score (nSPS) is 13.6. The molecule has 0 unspecified atom stereocenters. The summed E-state index contributed by atoms with van der Waals surface area (Å²) in [5.74, 6) is 0. The number of para-hydroxylation sites is 2. The molecule has 0 amide bonds. The van der Waals surface area contributed by atoms with E-state index in [4.69, 9.17) is 0 Å². The highest BCUT2D eigenvalue weighted by molar-refractivity contribution is 5.85. The molecule has 0 aromatic heterocycles. The molecule has 1 heterocycles. The van der Waals surface area contributed by atoms with E-state index in [9.17, 15) is 0 Å². The molecule has 0 aliphatic carbocycles. The second kappa shape index (κ2) is 5.61. The van der Waals surface area contributed by atoms with Gasteiger partial charge in [-0.3, -0.25) is 10.0 Å². The van der Waals surface area contributed by atoms with E-state index < -0.39 is 0 Å². The first kappa shape index (κ1) is 12.5. The third-order valence-electron chi connectivity index (χ3n) is 2.86. The van der Waals surface area contributed by atoms with Crippen LogP contribution in [-0.2, 0) is 0 Å². The van der Waals surface area contributed by atoms with Crippen LogP contribution in [0.3, 0.4) is 0 Å². The maximum Gasteiger partial charge on any atom is 0.0625 e. The molecule has 2 nitrogen and oxygen atoms in total. The van der Waals surface area contributed by atoms with Crippen LogP contribution in [0.5, 0.6) is 0 Å². The van der Waals surface area contributed by atoms with Gasteiger partial charge in [-0.05, 0) is 30.3 Å². The fourth-order valence-electron chi connectivity index (χ4n) is 2.05. The number of rotatable bonds is 2. The van der Waals surface area contributed by atoms with Crippen molar-refractivity contribution < 1.29 is 0 Å². The Balaban J connectivity index is 0.00000120. The van der Waals surface area contributed by atoms with Gasteiger partial charge in [-0.15, -0.1) is 12.4 Å². The molecule has 3 heteroatoms. The van der Waals surface area contributed by atoms with Gasteiger partial charge in [0.2, 0.25) is 0 Å². The quantitative estimate of drug-likeness (QED) is 0.807. The molecule has 0 spiro atoms. The molecule has 2 aromatic rings. The van der Waals surface area contributed by atoms with Gasteiger partial charge in [0.05, 0.1) is 17.9 Å². The first-order chi connectivity index (χ1) is 8.45. The van der Waals surface area contributed by atoms with Crippen molar-refractivity contribution in [3.63, 3.8) is 0 Å². The smallest absolute Gasteiger partial charge is 0.0625 e. The third kappa shape index (κ3) is 2.34. The highest BCUT2D eigenvalue weighted by atomic mass is 35.5. The summed E-state index contributed by atoms with van der Waals surface area (Å²) in [4.78, 5) is 0. The molecule has 0 radical (unpaired) electrons. The van der Waals surface area contributed by atoms with Crippen molar-refractivity contribution in [3.05, 3.63) is 72.9 Å². The molecule has 0 bridgehead atoms. The predicted molar refractivity (Wildman–Crippen MR) is 79.1 cm³/mol.